The highest BCUT2D eigenvalue weighted by molar-refractivity contribution is 5.27. The topological polar surface area (TPSA) is 29.5 Å². The lowest BCUT2D eigenvalue weighted by Gasteiger charge is -2.19. The second-order valence-electron chi connectivity index (χ2n) is 6.06. The molecule has 114 valence electrons. The smallest absolute Gasteiger partial charge is 0.261 e. The molecule has 0 heterocycles. The van der Waals surface area contributed by atoms with Crippen molar-refractivity contribution in [3.63, 3.8) is 0 Å². The molecule has 0 aliphatic rings. The van der Waals surface area contributed by atoms with Gasteiger partial charge >= 0.3 is 0 Å². The third kappa shape index (κ3) is 6.44. The lowest BCUT2D eigenvalue weighted by Crippen LogP contribution is -2.16. The van der Waals surface area contributed by atoms with Gasteiger partial charge in [-0.1, -0.05) is 45.0 Å². The van der Waals surface area contributed by atoms with Gasteiger partial charge in [-0.25, -0.2) is 8.78 Å². The molecule has 0 fully saturated rings. The van der Waals surface area contributed by atoms with Gasteiger partial charge in [0.2, 0.25) is 0 Å². The van der Waals surface area contributed by atoms with Crippen LogP contribution in [0.2, 0.25) is 0 Å². The van der Waals surface area contributed by atoms with Gasteiger partial charge in [0.15, 0.2) is 0 Å². The molecule has 0 bridgehead atoms. The minimum Gasteiger partial charge on any atom is -0.393 e. The number of rotatable bonds is 7. The summed E-state index contributed by atoms with van der Waals surface area (Å²) in [5.74, 6) is 0. The Morgan fingerprint density at radius 3 is 2.25 bits per heavy atom. The van der Waals surface area contributed by atoms with Crippen LogP contribution in [-0.2, 0) is 16.6 Å². The lowest BCUT2D eigenvalue weighted by molar-refractivity contribution is 0.00512. The van der Waals surface area contributed by atoms with E-state index in [0.717, 1.165) is 5.56 Å². The minimum atomic E-state index is -2.45. The number of hydrogen-bond donors (Lipinski definition) is 1. The van der Waals surface area contributed by atoms with Gasteiger partial charge in [0.1, 0.15) is 6.61 Å². The van der Waals surface area contributed by atoms with E-state index in [-0.39, 0.29) is 12.0 Å². The monoisotopic (exact) mass is 286 g/mol. The van der Waals surface area contributed by atoms with E-state index in [2.05, 4.69) is 32.9 Å². The summed E-state index contributed by atoms with van der Waals surface area (Å²) < 4.78 is 28.5. The summed E-state index contributed by atoms with van der Waals surface area (Å²) in [6.45, 7) is 6.05. The van der Waals surface area contributed by atoms with Crippen molar-refractivity contribution in [3.05, 3.63) is 35.4 Å². The zero-order chi connectivity index (χ0) is 15.2. The second kappa shape index (κ2) is 7.70. The van der Waals surface area contributed by atoms with Gasteiger partial charge in [-0.15, -0.1) is 0 Å². The molecular weight excluding hydrogens is 262 g/mol. The van der Waals surface area contributed by atoms with Crippen LogP contribution in [0.25, 0.3) is 0 Å². The second-order valence-corrected chi connectivity index (χ2v) is 6.06. The molecule has 0 amide bonds. The maximum atomic E-state index is 11.9. The van der Waals surface area contributed by atoms with Crippen LogP contribution in [0.4, 0.5) is 8.78 Å². The molecule has 0 saturated heterocycles. The van der Waals surface area contributed by atoms with E-state index in [1.54, 1.807) is 0 Å². The first-order valence-corrected chi connectivity index (χ1v) is 6.92. The summed E-state index contributed by atoms with van der Waals surface area (Å²) in [4.78, 5) is 0. The molecule has 0 aliphatic carbocycles. The number of benzene rings is 1. The predicted octanol–water partition coefficient (Wildman–Crippen LogP) is 3.56. The van der Waals surface area contributed by atoms with Crippen molar-refractivity contribution in [2.45, 2.75) is 51.6 Å². The predicted molar refractivity (Wildman–Crippen MR) is 76.3 cm³/mol. The molecule has 2 nitrogen and oxygen atoms in total. The summed E-state index contributed by atoms with van der Waals surface area (Å²) in [6, 6.07) is 8.14. The quantitative estimate of drug-likeness (QED) is 0.777. The Kier molecular flexibility index (Phi) is 6.56. The molecule has 20 heavy (non-hydrogen) atoms. The van der Waals surface area contributed by atoms with Crippen LogP contribution < -0.4 is 0 Å². The van der Waals surface area contributed by atoms with Gasteiger partial charge in [-0.2, -0.15) is 0 Å². The average molecular weight is 286 g/mol. The standard InChI is InChI=1S/C16H24F2O2/c1-16(2,3)13-6-4-12(5-7-13)10-14(19)8-9-20-11-15(17)18/h4-7,14-15,19H,8-11H2,1-3H3. The first-order chi connectivity index (χ1) is 9.29. The summed E-state index contributed by atoms with van der Waals surface area (Å²) in [5, 5.41) is 9.83. The Morgan fingerprint density at radius 1 is 1.15 bits per heavy atom. The molecule has 1 N–H and O–H groups in total. The van der Waals surface area contributed by atoms with Crippen LogP contribution in [0.3, 0.4) is 0 Å². The molecule has 1 unspecified atom stereocenters. The highest BCUT2D eigenvalue weighted by Crippen LogP contribution is 2.22. The van der Waals surface area contributed by atoms with Crippen molar-refractivity contribution < 1.29 is 18.6 Å². The SMILES string of the molecule is CC(C)(C)c1ccc(CC(O)CCOCC(F)F)cc1. The van der Waals surface area contributed by atoms with Crippen molar-refractivity contribution >= 4 is 0 Å². The molecule has 0 spiro atoms. The molecule has 1 aromatic carbocycles. The number of hydrogen-bond acceptors (Lipinski definition) is 2. The summed E-state index contributed by atoms with van der Waals surface area (Å²) in [5.41, 5.74) is 2.40. The third-order valence-electron chi connectivity index (χ3n) is 3.13. The van der Waals surface area contributed by atoms with Gasteiger partial charge in [0, 0.05) is 6.61 Å². The van der Waals surface area contributed by atoms with Crippen LogP contribution in [-0.4, -0.2) is 30.8 Å². The first kappa shape index (κ1) is 17.1. The van der Waals surface area contributed by atoms with Gasteiger partial charge in [0.25, 0.3) is 6.43 Å². The van der Waals surface area contributed by atoms with Crippen molar-refractivity contribution in [2.24, 2.45) is 0 Å². The average Bonchev–Trinajstić information content (AvgIpc) is 2.34. The fourth-order valence-electron chi connectivity index (χ4n) is 1.91. The van der Waals surface area contributed by atoms with E-state index in [0.29, 0.717) is 12.8 Å². The van der Waals surface area contributed by atoms with E-state index in [4.69, 9.17) is 4.74 Å². The van der Waals surface area contributed by atoms with Crippen LogP contribution in [0.1, 0.15) is 38.3 Å². The van der Waals surface area contributed by atoms with Crippen molar-refractivity contribution in [2.75, 3.05) is 13.2 Å². The van der Waals surface area contributed by atoms with Gasteiger partial charge in [-0.05, 0) is 29.4 Å². The Bertz CT molecular complexity index is 382. The number of halogens is 2. The molecule has 4 heteroatoms. The van der Waals surface area contributed by atoms with Crippen LogP contribution in [0.5, 0.6) is 0 Å². The molecule has 0 aliphatic heterocycles. The summed E-state index contributed by atoms with van der Waals surface area (Å²) >= 11 is 0. The molecule has 1 aromatic rings. The minimum absolute atomic E-state index is 0.111. The summed E-state index contributed by atoms with van der Waals surface area (Å²) in [7, 11) is 0. The summed E-state index contributed by atoms with van der Waals surface area (Å²) in [6.07, 6.45) is -2.12. The van der Waals surface area contributed by atoms with E-state index in [1.165, 1.54) is 5.56 Å². The van der Waals surface area contributed by atoms with Crippen molar-refractivity contribution in [1.82, 2.24) is 0 Å². The Morgan fingerprint density at radius 2 is 1.75 bits per heavy atom. The number of aliphatic hydroxyl groups excluding tert-OH is 1. The first-order valence-electron chi connectivity index (χ1n) is 6.92. The molecule has 1 atom stereocenters. The van der Waals surface area contributed by atoms with E-state index >= 15 is 0 Å². The van der Waals surface area contributed by atoms with E-state index < -0.39 is 19.1 Å². The van der Waals surface area contributed by atoms with Crippen LogP contribution in [0, 0.1) is 0 Å². The largest absolute Gasteiger partial charge is 0.393 e. The maximum Gasteiger partial charge on any atom is 0.261 e. The molecular formula is C16H24F2O2. The van der Waals surface area contributed by atoms with Gasteiger partial charge < -0.3 is 9.84 Å². The van der Waals surface area contributed by atoms with Crippen LogP contribution >= 0.6 is 0 Å². The third-order valence-corrected chi connectivity index (χ3v) is 3.13. The number of ether oxygens (including phenoxy) is 1. The van der Waals surface area contributed by atoms with Crippen molar-refractivity contribution in [1.29, 1.82) is 0 Å². The Labute approximate surface area is 119 Å². The highest BCUT2D eigenvalue weighted by atomic mass is 19.3. The fourth-order valence-corrected chi connectivity index (χ4v) is 1.91. The van der Waals surface area contributed by atoms with E-state index in [9.17, 15) is 13.9 Å². The highest BCUT2D eigenvalue weighted by Gasteiger charge is 2.13. The number of aliphatic hydroxyl groups is 1. The van der Waals surface area contributed by atoms with Crippen molar-refractivity contribution in [3.8, 4) is 0 Å². The molecule has 0 radical (unpaired) electrons. The maximum absolute atomic E-state index is 11.9. The van der Waals surface area contributed by atoms with Crippen LogP contribution in [0.15, 0.2) is 24.3 Å². The number of alkyl halides is 2. The Hall–Kier alpha value is -1.00. The molecule has 0 aromatic heterocycles. The van der Waals surface area contributed by atoms with Gasteiger partial charge in [0.05, 0.1) is 6.10 Å². The fraction of sp³-hybridized carbons (Fsp3) is 0.625. The van der Waals surface area contributed by atoms with Gasteiger partial charge in [-0.3, -0.25) is 0 Å². The normalized spacial score (nSPS) is 13.8. The zero-order valence-corrected chi connectivity index (χ0v) is 12.4. The van der Waals surface area contributed by atoms with E-state index in [1.807, 2.05) is 12.1 Å². The Balaban J connectivity index is 2.37. The lowest BCUT2D eigenvalue weighted by atomic mass is 9.86. The molecule has 0 saturated carbocycles. The zero-order valence-electron chi connectivity index (χ0n) is 12.4. The molecule has 1 rings (SSSR count).